The fourth-order valence-corrected chi connectivity index (χ4v) is 4.00. The Morgan fingerprint density at radius 3 is 2.35 bits per heavy atom. The molecule has 9 heteroatoms. The summed E-state index contributed by atoms with van der Waals surface area (Å²) in [6.45, 7) is 4.50. The van der Waals surface area contributed by atoms with Gasteiger partial charge in [-0.2, -0.15) is 0 Å². The average Bonchev–Trinajstić information content (AvgIpc) is 3.05. The summed E-state index contributed by atoms with van der Waals surface area (Å²) >= 11 is 5.54. The van der Waals surface area contributed by atoms with Crippen LogP contribution in [0.3, 0.4) is 0 Å². The highest BCUT2D eigenvalue weighted by molar-refractivity contribution is 7.80. The number of para-hydroxylation sites is 1. The number of carbonyl (C=O) groups is 3. The maximum atomic E-state index is 13.3. The summed E-state index contributed by atoms with van der Waals surface area (Å²) in [7, 11) is 0. The number of benzene rings is 2. The van der Waals surface area contributed by atoms with Gasteiger partial charge < -0.3 is 10.1 Å². The van der Waals surface area contributed by atoms with Gasteiger partial charge in [0.1, 0.15) is 11.8 Å². The highest BCUT2D eigenvalue weighted by Crippen LogP contribution is 2.26. The molecule has 1 unspecified atom stereocenters. The van der Waals surface area contributed by atoms with Crippen LogP contribution in [0.5, 0.6) is 5.75 Å². The van der Waals surface area contributed by atoms with Crippen molar-refractivity contribution in [1.82, 2.24) is 10.4 Å². The second-order valence-electron chi connectivity index (χ2n) is 7.88. The molecule has 8 nitrogen and oxygen atoms in total. The maximum Gasteiger partial charge on any atom is 0.258 e. The first-order chi connectivity index (χ1) is 16.4. The number of rotatable bonds is 11. The summed E-state index contributed by atoms with van der Waals surface area (Å²) in [6.07, 6.45) is 2.80. The van der Waals surface area contributed by atoms with Crippen LogP contribution in [0, 0.1) is 0 Å². The van der Waals surface area contributed by atoms with E-state index in [0.29, 0.717) is 30.2 Å². The van der Waals surface area contributed by atoms with Crippen molar-refractivity contribution in [2.45, 2.75) is 52.0 Å². The number of hydrogen-bond acceptors (Lipinski definition) is 5. The number of nitrogens with one attached hydrogen (secondary N) is 2. The van der Waals surface area contributed by atoms with Crippen molar-refractivity contribution < 1.29 is 19.1 Å². The van der Waals surface area contributed by atoms with E-state index < -0.39 is 6.04 Å². The van der Waals surface area contributed by atoms with E-state index in [1.165, 1.54) is 9.91 Å². The summed E-state index contributed by atoms with van der Waals surface area (Å²) in [5.41, 5.74) is 3.91. The van der Waals surface area contributed by atoms with E-state index in [0.717, 1.165) is 19.3 Å². The number of nitrogens with zero attached hydrogens (tertiary/aromatic N) is 2. The van der Waals surface area contributed by atoms with Gasteiger partial charge in [-0.3, -0.25) is 24.7 Å². The fourth-order valence-electron chi connectivity index (χ4n) is 3.63. The van der Waals surface area contributed by atoms with Crippen molar-refractivity contribution in [3.8, 4) is 5.75 Å². The molecule has 2 N–H and O–H groups in total. The van der Waals surface area contributed by atoms with Crippen LogP contribution in [0.2, 0.25) is 0 Å². The van der Waals surface area contributed by atoms with Crippen molar-refractivity contribution in [2.75, 3.05) is 16.8 Å². The van der Waals surface area contributed by atoms with E-state index in [9.17, 15) is 14.4 Å². The van der Waals surface area contributed by atoms with Crippen molar-refractivity contribution in [2.24, 2.45) is 0 Å². The van der Waals surface area contributed by atoms with Crippen LogP contribution in [0.15, 0.2) is 54.6 Å². The normalized spacial score (nSPS) is 15.4. The van der Waals surface area contributed by atoms with Gasteiger partial charge in [-0.15, -0.1) is 0 Å². The molecule has 0 aliphatic carbocycles. The number of unbranched alkanes of at least 4 members (excludes halogenated alkanes) is 2. The first-order valence-corrected chi connectivity index (χ1v) is 11.9. The monoisotopic (exact) mass is 482 g/mol. The van der Waals surface area contributed by atoms with Crippen molar-refractivity contribution in [3.63, 3.8) is 0 Å². The third-order valence-electron chi connectivity index (χ3n) is 5.31. The second-order valence-corrected chi connectivity index (χ2v) is 8.24. The minimum Gasteiger partial charge on any atom is -0.494 e. The molecule has 1 aliphatic heterocycles. The smallest absolute Gasteiger partial charge is 0.258 e. The van der Waals surface area contributed by atoms with Crippen molar-refractivity contribution in [3.05, 3.63) is 54.6 Å². The van der Waals surface area contributed by atoms with Crippen LogP contribution < -0.4 is 20.4 Å². The van der Waals surface area contributed by atoms with Crippen LogP contribution in [-0.4, -0.2) is 40.5 Å². The number of hydrazine groups is 1. The van der Waals surface area contributed by atoms with Crippen LogP contribution in [0.1, 0.15) is 46.0 Å². The molecule has 1 heterocycles. The Bertz CT molecular complexity index is 1010. The summed E-state index contributed by atoms with van der Waals surface area (Å²) in [5.74, 6) is -0.278. The number of anilines is 2. The molecule has 2 aromatic carbocycles. The average molecular weight is 483 g/mol. The van der Waals surface area contributed by atoms with Gasteiger partial charge in [0.15, 0.2) is 0 Å². The lowest BCUT2D eigenvalue weighted by molar-refractivity contribution is -0.129. The molecule has 0 saturated carbocycles. The Morgan fingerprint density at radius 2 is 1.71 bits per heavy atom. The predicted molar refractivity (Wildman–Crippen MR) is 135 cm³/mol. The minimum atomic E-state index is -0.953. The van der Waals surface area contributed by atoms with Crippen molar-refractivity contribution >= 4 is 46.4 Å². The molecular formula is C25H30N4O4S. The minimum absolute atomic E-state index is 0.138. The number of hydrogen-bond donors (Lipinski definition) is 2. The molecule has 1 fully saturated rings. The first kappa shape index (κ1) is 25.2. The SMILES string of the molecule is CCCCCC(=O)NN1C(=S)N(c2ccccc2)C(=O)C1CC(=O)Nc1ccc(OCC)cc1. The summed E-state index contributed by atoms with van der Waals surface area (Å²) in [5, 5.41) is 4.28. The largest absolute Gasteiger partial charge is 0.494 e. The van der Waals surface area contributed by atoms with Gasteiger partial charge in [0.05, 0.1) is 18.7 Å². The van der Waals surface area contributed by atoms with Gasteiger partial charge in [-0.1, -0.05) is 38.0 Å². The molecule has 3 amide bonds. The Morgan fingerprint density at radius 1 is 1.00 bits per heavy atom. The molecule has 1 aliphatic rings. The number of ether oxygens (including phenoxy) is 1. The molecule has 2 aromatic rings. The zero-order valence-corrected chi connectivity index (χ0v) is 20.3. The van der Waals surface area contributed by atoms with Gasteiger partial charge in [-0.25, -0.2) is 5.01 Å². The highest BCUT2D eigenvalue weighted by atomic mass is 32.1. The predicted octanol–water partition coefficient (Wildman–Crippen LogP) is 4.03. The standard InChI is InChI=1S/C25H30N4O4S/c1-3-5-7-12-22(30)27-29-21(24(32)28(25(29)34)19-10-8-6-9-11-19)17-23(31)26-18-13-15-20(16-14-18)33-4-2/h6,8-11,13-16,21H,3-5,7,12,17H2,1-2H3,(H,26,31)(H,27,30). The quantitative estimate of drug-likeness (QED) is 0.371. The van der Waals surface area contributed by atoms with E-state index in [-0.39, 0.29) is 29.3 Å². The Labute approximate surface area is 205 Å². The lowest BCUT2D eigenvalue weighted by Gasteiger charge is -2.24. The molecule has 3 rings (SSSR count). The van der Waals surface area contributed by atoms with Gasteiger partial charge in [0, 0.05) is 12.1 Å². The summed E-state index contributed by atoms with van der Waals surface area (Å²) in [4.78, 5) is 40.0. The molecule has 0 aromatic heterocycles. The molecular weight excluding hydrogens is 452 g/mol. The maximum absolute atomic E-state index is 13.3. The first-order valence-electron chi connectivity index (χ1n) is 11.5. The molecule has 0 spiro atoms. The van der Waals surface area contributed by atoms with Crippen LogP contribution in [0.4, 0.5) is 11.4 Å². The lowest BCUT2D eigenvalue weighted by atomic mass is 10.1. The molecule has 0 bridgehead atoms. The van der Waals surface area contributed by atoms with E-state index in [4.69, 9.17) is 17.0 Å². The third kappa shape index (κ3) is 6.32. The summed E-state index contributed by atoms with van der Waals surface area (Å²) in [6, 6.07) is 15.0. The van der Waals surface area contributed by atoms with E-state index in [2.05, 4.69) is 17.7 Å². The number of amides is 3. The van der Waals surface area contributed by atoms with Gasteiger partial charge in [0.25, 0.3) is 5.91 Å². The van der Waals surface area contributed by atoms with E-state index in [1.807, 2.05) is 13.0 Å². The van der Waals surface area contributed by atoms with Crippen molar-refractivity contribution in [1.29, 1.82) is 0 Å². The third-order valence-corrected chi connectivity index (χ3v) is 5.69. The molecule has 1 atom stereocenters. The Kier molecular flexibility index (Phi) is 8.98. The molecule has 34 heavy (non-hydrogen) atoms. The fraction of sp³-hybridized carbons (Fsp3) is 0.360. The topological polar surface area (TPSA) is 91.0 Å². The van der Waals surface area contributed by atoms with Crippen LogP contribution in [0.25, 0.3) is 0 Å². The van der Waals surface area contributed by atoms with Gasteiger partial charge >= 0.3 is 0 Å². The molecule has 0 radical (unpaired) electrons. The lowest BCUT2D eigenvalue weighted by Crippen LogP contribution is -2.49. The Balaban J connectivity index is 1.75. The highest BCUT2D eigenvalue weighted by Gasteiger charge is 2.45. The van der Waals surface area contributed by atoms with E-state index in [1.54, 1.807) is 48.5 Å². The zero-order valence-electron chi connectivity index (χ0n) is 19.5. The van der Waals surface area contributed by atoms with Crippen LogP contribution >= 0.6 is 12.2 Å². The van der Waals surface area contributed by atoms with E-state index >= 15 is 0 Å². The number of thiocarbonyl (C=S) groups is 1. The van der Waals surface area contributed by atoms with Gasteiger partial charge in [0.2, 0.25) is 16.9 Å². The number of carbonyl (C=O) groups excluding carboxylic acids is 3. The summed E-state index contributed by atoms with van der Waals surface area (Å²) < 4.78 is 5.42. The van der Waals surface area contributed by atoms with Gasteiger partial charge in [-0.05, 0) is 62.0 Å². The molecule has 180 valence electrons. The molecule has 1 saturated heterocycles. The Hall–Kier alpha value is -3.46. The van der Waals surface area contributed by atoms with Crippen LogP contribution in [-0.2, 0) is 14.4 Å². The zero-order chi connectivity index (χ0) is 24.5. The second kappa shape index (κ2) is 12.1.